The highest BCUT2D eigenvalue weighted by atomic mass is 127. The van der Waals surface area contributed by atoms with Crippen LogP contribution in [-0.2, 0) is 0 Å². The molecule has 0 aliphatic heterocycles. The van der Waals surface area contributed by atoms with E-state index in [2.05, 4.69) is 158 Å². The fourth-order valence-electron chi connectivity index (χ4n) is 0.986. The fraction of sp³-hybridized carbons (Fsp3) is 0.429. The highest BCUT2D eigenvalue weighted by Gasteiger charge is 2.52. The first-order chi connectivity index (χ1) is 6.62. The summed E-state index contributed by atoms with van der Waals surface area (Å²) in [5.74, 6) is 0. The minimum absolute atomic E-state index is 0.0384. The lowest BCUT2D eigenvalue weighted by Crippen LogP contribution is -2.39. The Morgan fingerprint density at radius 1 is 1.20 bits per heavy atom. The van der Waals surface area contributed by atoms with Gasteiger partial charge in [-0.15, -0.1) is 0 Å². The summed E-state index contributed by atoms with van der Waals surface area (Å²) in [6, 6.07) is 0. The Morgan fingerprint density at radius 2 is 1.67 bits per heavy atom. The third kappa shape index (κ3) is 3.60. The number of aliphatic hydroxyl groups is 1. The topological polar surface area (TPSA) is 20.2 Å². The highest BCUT2D eigenvalue weighted by Crippen LogP contribution is 2.63. The zero-order chi connectivity index (χ0) is 12.0. The van der Waals surface area contributed by atoms with E-state index in [0.29, 0.717) is 0 Å². The molecule has 0 heterocycles. The molecule has 0 bridgehead atoms. The maximum atomic E-state index is 9.85. The number of alkyl halides is 4. The molecule has 2 atom stereocenters. The van der Waals surface area contributed by atoms with Gasteiger partial charge in [0.15, 0.2) is 0 Å². The first kappa shape index (κ1) is 17.6. The molecule has 0 saturated heterocycles. The van der Waals surface area contributed by atoms with Crippen molar-refractivity contribution >= 4 is 158 Å². The molecular formula is C7H3I7O. The van der Waals surface area contributed by atoms with E-state index in [-0.39, 0.29) is 2.86 Å². The summed E-state index contributed by atoms with van der Waals surface area (Å²) in [6.07, 6.45) is 1.51. The summed E-state index contributed by atoms with van der Waals surface area (Å²) in [5, 5.41) is 9.85. The van der Waals surface area contributed by atoms with Gasteiger partial charge in [-0.2, -0.15) is 0 Å². The van der Waals surface area contributed by atoms with Gasteiger partial charge in [0.1, 0.15) is 8.96 Å². The molecule has 2 unspecified atom stereocenters. The number of hydrogen-bond acceptors (Lipinski definition) is 1. The van der Waals surface area contributed by atoms with Crippen LogP contribution >= 0.6 is 158 Å². The van der Waals surface area contributed by atoms with E-state index in [9.17, 15) is 5.11 Å². The molecule has 0 saturated carbocycles. The van der Waals surface area contributed by atoms with Crippen molar-refractivity contribution in [3.8, 4) is 0 Å². The molecule has 0 aromatic heterocycles. The standard InChI is InChI=1S/C7H3I7O/c8-3-1-2(15)4(9)5(10)6(3,11)7(12,13)14/h1-2,15H. The third-order valence-electron chi connectivity index (χ3n) is 1.80. The van der Waals surface area contributed by atoms with E-state index in [1.807, 2.05) is 6.08 Å². The SMILES string of the molecule is OC1C=C(I)C(I)(C(I)(I)I)C(I)=C1I. The van der Waals surface area contributed by atoms with E-state index < -0.39 is 6.10 Å². The van der Waals surface area contributed by atoms with Gasteiger partial charge in [-0.25, -0.2) is 0 Å². The Labute approximate surface area is 184 Å². The first-order valence-electron chi connectivity index (χ1n) is 3.49. The van der Waals surface area contributed by atoms with E-state index in [1.165, 1.54) is 7.16 Å². The highest BCUT2D eigenvalue weighted by molar-refractivity contribution is 14.3. The van der Waals surface area contributed by atoms with Crippen molar-refractivity contribution in [2.45, 2.75) is 8.96 Å². The third-order valence-corrected chi connectivity index (χ3v) is 16.1. The van der Waals surface area contributed by atoms with Crippen molar-refractivity contribution < 1.29 is 5.11 Å². The molecule has 1 N–H and O–H groups in total. The molecule has 0 fully saturated rings. The largest absolute Gasteiger partial charge is 0.384 e. The van der Waals surface area contributed by atoms with Crippen molar-refractivity contribution in [1.82, 2.24) is 0 Å². The van der Waals surface area contributed by atoms with Gasteiger partial charge < -0.3 is 5.11 Å². The molecule has 15 heavy (non-hydrogen) atoms. The Kier molecular flexibility index (Phi) is 7.68. The van der Waals surface area contributed by atoms with Crippen molar-refractivity contribution in [1.29, 1.82) is 0 Å². The van der Waals surface area contributed by atoms with Crippen LogP contribution in [0, 0.1) is 0 Å². The summed E-state index contributed by atoms with van der Waals surface area (Å²) in [4.78, 5) is 0. The summed E-state index contributed by atoms with van der Waals surface area (Å²) >= 11 is 16.8. The molecule has 0 spiro atoms. The van der Waals surface area contributed by atoms with Gasteiger partial charge in [0.2, 0.25) is 0 Å². The smallest absolute Gasteiger partial charge is 0.147 e. The van der Waals surface area contributed by atoms with Crippen molar-refractivity contribution in [3.05, 3.63) is 16.8 Å². The summed E-state index contributed by atoms with van der Waals surface area (Å²) < 4.78 is 3.50. The van der Waals surface area contributed by atoms with E-state index >= 15 is 0 Å². The van der Waals surface area contributed by atoms with Gasteiger partial charge in [0, 0.05) is 10.7 Å². The zero-order valence-electron chi connectivity index (χ0n) is 6.75. The van der Waals surface area contributed by atoms with Crippen molar-refractivity contribution in [2.24, 2.45) is 0 Å². The van der Waals surface area contributed by atoms with Gasteiger partial charge in [-0.05, 0) is 73.8 Å². The second-order valence-corrected chi connectivity index (χ2v) is 18.8. The Hall–Kier alpha value is 4.55. The molecular weight excluding hydrogens is 988 g/mol. The van der Waals surface area contributed by atoms with E-state index in [1.54, 1.807) is 0 Å². The molecule has 8 heteroatoms. The predicted molar refractivity (Wildman–Crippen MR) is 125 cm³/mol. The molecule has 0 amide bonds. The average Bonchev–Trinajstić information content (AvgIpc) is 2.09. The van der Waals surface area contributed by atoms with Gasteiger partial charge in [-0.3, -0.25) is 0 Å². The van der Waals surface area contributed by atoms with Gasteiger partial charge in [0.25, 0.3) is 0 Å². The lowest BCUT2D eigenvalue weighted by molar-refractivity contribution is 0.267. The maximum absolute atomic E-state index is 9.85. The molecule has 86 valence electrons. The van der Waals surface area contributed by atoms with Crippen LogP contribution in [0.2, 0.25) is 0 Å². The van der Waals surface area contributed by atoms with Crippen molar-refractivity contribution in [2.75, 3.05) is 0 Å². The van der Waals surface area contributed by atoms with Crippen LogP contribution in [0.15, 0.2) is 16.8 Å². The van der Waals surface area contributed by atoms with Crippen LogP contribution in [0.3, 0.4) is 0 Å². The molecule has 0 radical (unpaired) electrons. The number of halogens is 7. The Balaban J connectivity index is 3.37. The lowest BCUT2D eigenvalue weighted by atomic mass is 10.0. The second kappa shape index (κ2) is 6.54. The van der Waals surface area contributed by atoms with E-state index in [0.717, 1.165) is 3.58 Å². The minimum Gasteiger partial charge on any atom is -0.384 e. The molecule has 0 aromatic carbocycles. The monoisotopic (exact) mass is 991 g/mol. The van der Waals surface area contributed by atoms with Crippen LogP contribution < -0.4 is 0 Å². The maximum Gasteiger partial charge on any atom is 0.147 e. The van der Waals surface area contributed by atoms with Crippen molar-refractivity contribution in [3.63, 3.8) is 0 Å². The second-order valence-electron chi connectivity index (χ2n) is 2.78. The molecule has 1 aliphatic carbocycles. The summed E-state index contributed by atoms with van der Waals surface area (Å²) in [5.41, 5.74) is 0. The van der Waals surface area contributed by atoms with E-state index in [4.69, 9.17) is 0 Å². The minimum atomic E-state index is -0.432. The van der Waals surface area contributed by atoms with Crippen LogP contribution in [-0.4, -0.2) is 14.1 Å². The summed E-state index contributed by atoms with van der Waals surface area (Å²) in [7, 11) is 0. The molecule has 1 nitrogen and oxygen atoms in total. The molecule has 0 aromatic rings. The zero-order valence-corrected chi connectivity index (χ0v) is 21.9. The predicted octanol–water partition coefficient (Wildman–Crippen LogP) is 5.89. The number of rotatable bonds is 1. The van der Waals surface area contributed by atoms with Gasteiger partial charge in [0.05, 0.1) is 0 Å². The van der Waals surface area contributed by atoms with Crippen LogP contribution in [0.4, 0.5) is 0 Å². The van der Waals surface area contributed by atoms with Gasteiger partial charge in [-0.1, -0.05) is 90.4 Å². The first-order valence-corrected chi connectivity index (χ1v) is 11.0. The average molecular weight is 991 g/mol. The summed E-state index contributed by atoms with van der Waals surface area (Å²) in [6.45, 7) is 0. The van der Waals surface area contributed by atoms with Crippen LogP contribution in [0.5, 0.6) is 0 Å². The number of hydrogen-bond donors (Lipinski definition) is 1. The number of aliphatic hydroxyl groups excluding tert-OH is 1. The molecule has 1 rings (SSSR count). The molecule has 1 aliphatic rings. The van der Waals surface area contributed by atoms with Crippen LogP contribution in [0.25, 0.3) is 0 Å². The van der Waals surface area contributed by atoms with Gasteiger partial charge >= 0.3 is 0 Å². The normalized spacial score (nSPS) is 33.1. The number of allylic oxidation sites excluding steroid dienone is 2. The quantitative estimate of drug-likeness (QED) is 0.257. The lowest BCUT2D eigenvalue weighted by Gasteiger charge is -2.39. The van der Waals surface area contributed by atoms with Crippen LogP contribution in [0.1, 0.15) is 0 Å². The fourth-order valence-corrected chi connectivity index (χ4v) is 9.88. The Bertz CT molecular complexity index is 342. The Morgan fingerprint density at radius 3 is 2.07 bits per heavy atom.